The molecule has 2 atom stereocenters. The second kappa shape index (κ2) is 8.51. The summed E-state index contributed by atoms with van der Waals surface area (Å²) in [6, 6.07) is 3.40. The van der Waals surface area contributed by atoms with E-state index < -0.39 is 24.4 Å². The Bertz CT molecular complexity index is 1080. The average molecular weight is 447 g/mol. The summed E-state index contributed by atoms with van der Waals surface area (Å²) < 4.78 is 39.7. The molecule has 0 saturated carbocycles. The van der Waals surface area contributed by atoms with Crippen molar-refractivity contribution in [3.8, 4) is 17.1 Å². The third kappa shape index (κ3) is 3.87. The third-order valence-electron chi connectivity index (χ3n) is 5.44. The topological polar surface area (TPSA) is 112 Å². The number of alkyl halides is 2. The van der Waals surface area contributed by atoms with E-state index in [2.05, 4.69) is 10.3 Å². The molecule has 1 aromatic heterocycles. The Morgan fingerprint density at radius 3 is 2.78 bits per heavy atom. The number of amides is 1. The van der Waals surface area contributed by atoms with E-state index in [-0.39, 0.29) is 24.2 Å². The smallest absolute Gasteiger partial charge is 0.284 e. The van der Waals surface area contributed by atoms with Gasteiger partial charge in [0.05, 0.1) is 12.1 Å². The van der Waals surface area contributed by atoms with Crippen LogP contribution in [0.25, 0.3) is 11.4 Å². The predicted molar refractivity (Wildman–Crippen MR) is 112 cm³/mol. The minimum absolute atomic E-state index is 0.0146. The number of ether oxygens (including phenoxy) is 2. The lowest BCUT2D eigenvalue weighted by Crippen LogP contribution is -2.39. The highest BCUT2D eigenvalue weighted by Crippen LogP contribution is 2.37. The number of fused-ring (bicyclic) bond motifs is 3. The van der Waals surface area contributed by atoms with Gasteiger partial charge in [-0.25, -0.2) is 18.6 Å². The molecular formula is C21H23F2N5O4. The van der Waals surface area contributed by atoms with E-state index in [0.717, 1.165) is 4.90 Å². The molecule has 0 unspecified atom stereocenters. The molecule has 11 heteroatoms. The van der Waals surface area contributed by atoms with Gasteiger partial charge >= 0.3 is 0 Å². The van der Waals surface area contributed by atoms with E-state index in [0.29, 0.717) is 36.0 Å². The molecule has 1 fully saturated rings. The van der Waals surface area contributed by atoms with Gasteiger partial charge in [-0.3, -0.25) is 9.69 Å². The molecule has 2 aliphatic heterocycles. The summed E-state index contributed by atoms with van der Waals surface area (Å²) in [7, 11) is 0. The van der Waals surface area contributed by atoms with Crippen LogP contribution in [-0.2, 0) is 20.9 Å². The van der Waals surface area contributed by atoms with Crippen LogP contribution >= 0.6 is 0 Å². The lowest BCUT2D eigenvalue weighted by atomic mass is 10.0. The van der Waals surface area contributed by atoms with Crippen molar-refractivity contribution < 1.29 is 27.8 Å². The van der Waals surface area contributed by atoms with Crippen LogP contribution in [0, 0.1) is 5.92 Å². The van der Waals surface area contributed by atoms with Crippen molar-refractivity contribution in [2.24, 2.45) is 11.7 Å². The highest BCUT2D eigenvalue weighted by Gasteiger charge is 2.40. The Kier molecular flexibility index (Phi) is 5.75. The minimum atomic E-state index is -2.73. The first kappa shape index (κ1) is 21.6. The number of nitrogens with zero attached hydrogens (tertiary/aromatic N) is 3. The summed E-state index contributed by atoms with van der Waals surface area (Å²) in [6.07, 6.45) is -1.14. The number of imidazole rings is 1. The van der Waals surface area contributed by atoms with Crippen molar-refractivity contribution >= 4 is 23.4 Å². The minimum Gasteiger partial charge on any atom is -0.491 e. The molecule has 1 aromatic carbocycles. The molecule has 0 bridgehead atoms. The van der Waals surface area contributed by atoms with Crippen LogP contribution in [0.5, 0.6) is 5.75 Å². The van der Waals surface area contributed by atoms with Crippen molar-refractivity contribution in [1.82, 2.24) is 9.55 Å². The number of primary amides is 1. The van der Waals surface area contributed by atoms with Gasteiger partial charge in [0.15, 0.2) is 11.8 Å². The van der Waals surface area contributed by atoms with Crippen LogP contribution in [0.1, 0.15) is 13.8 Å². The van der Waals surface area contributed by atoms with Crippen molar-refractivity contribution in [2.75, 3.05) is 23.4 Å². The van der Waals surface area contributed by atoms with Crippen LogP contribution in [0.4, 0.5) is 20.3 Å². The van der Waals surface area contributed by atoms with E-state index in [1.807, 2.05) is 13.8 Å². The number of anilines is 2. The number of hydrogen-bond acceptors (Lipinski definition) is 7. The standard InChI is InChI=1S/C21H23F2N5O4/c1-11(2)18(20(24)30)25-12-3-4-13-15(7-12)31-6-5-27-8-16(26-21(13)27)28-14(19(22)23)10-32-17(28)9-29/h3-4,7-8,11,14,18-19,25H,5-6,10H2,1-2H3,(H2,24,30)/t14-,18-/m0/s1. The van der Waals surface area contributed by atoms with Gasteiger partial charge in [0.2, 0.25) is 5.91 Å². The molecule has 1 saturated heterocycles. The first-order valence-electron chi connectivity index (χ1n) is 10.2. The quantitative estimate of drug-likeness (QED) is 0.652. The highest BCUT2D eigenvalue weighted by molar-refractivity contribution is 5.83. The highest BCUT2D eigenvalue weighted by atomic mass is 19.3. The van der Waals surface area contributed by atoms with Gasteiger partial charge in [-0.2, -0.15) is 0 Å². The lowest BCUT2D eigenvalue weighted by Gasteiger charge is -2.21. The Labute approximate surface area is 182 Å². The molecular weight excluding hydrogens is 424 g/mol. The zero-order chi connectivity index (χ0) is 23.0. The summed E-state index contributed by atoms with van der Waals surface area (Å²) in [6.45, 7) is 4.18. The predicted octanol–water partition coefficient (Wildman–Crippen LogP) is 2.01. The van der Waals surface area contributed by atoms with Gasteiger partial charge in [0, 0.05) is 18.0 Å². The maximum atomic E-state index is 13.5. The Morgan fingerprint density at radius 2 is 2.12 bits per heavy atom. The second-order valence-corrected chi connectivity index (χ2v) is 7.93. The van der Waals surface area contributed by atoms with Crippen molar-refractivity contribution in [1.29, 1.82) is 0 Å². The first-order chi connectivity index (χ1) is 15.3. The van der Waals surface area contributed by atoms with Gasteiger partial charge in [-0.15, -0.1) is 0 Å². The maximum absolute atomic E-state index is 13.5. The number of nitrogens with two attached hydrogens (primary N) is 1. The van der Waals surface area contributed by atoms with Crippen LogP contribution in [-0.4, -0.2) is 53.1 Å². The largest absolute Gasteiger partial charge is 0.491 e. The molecule has 2 aliphatic rings. The molecule has 2 aromatic rings. The zero-order valence-corrected chi connectivity index (χ0v) is 17.5. The Morgan fingerprint density at radius 1 is 1.34 bits per heavy atom. The van der Waals surface area contributed by atoms with Crippen molar-refractivity contribution in [2.45, 2.75) is 38.9 Å². The summed E-state index contributed by atoms with van der Waals surface area (Å²) in [5.41, 5.74) is 6.78. The molecule has 0 aliphatic carbocycles. The van der Waals surface area contributed by atoms with Crippen LogP contribution < -0.4 is 20.7 Å². The van der Waals surface area contributed by atoms with E-state index in [1.54, 1.807) is 34.9 Å². The summed E-state index contributed by atoms with van der Waals surface area (Å²) >= 11 is 0. The van der Waals surface area contributed by atoms with Crippen LogP contribution in [0.2, 0.25) is 0 Å². The summed E-state index contributed by atoms with van der Waals surface area (Å²) in [5.74, 6) is 1.97. The number of nitrogens with one attached hydrogen (secondary N) is 1. The molecule has 32 heavy (non-hydrogen) atoms. The fourth-order valence-corrected chi connectivity index (χ4v) is 3.82. The molecule has 3 heterocycles. The number of hydrogen-bond donors (Lipinski definition) is 2. The summed E-state index contributed by atoms with van der Waals surface area (Å²) in [5, 5.41) is 3.12. The number of carbonyl (C=O) groups excluding carboxylic acids is 2. The number of aromatic nitrogens is 2. The second-order valence-electron chi connectivity index (χ2n) is 7.93. The number of carbonyl (C=O) groups is 1. The van der Waals surface area contributed by atoms with Gasteiger partial charge in [0.25, 0.3) is 12.3 Å². The Balaban J connectivity index is 1.69. The molecule has 9 nitrogen and oxygen atoms in total. The Hall–Kier alpha value is -3.59. The molecule has 170 valence electrons. The van der Waals surface area contributed by atoms with E-state index >= 15 is 0 Å². The van der Waals surface area contributed by atoms with Crippen LogP contribution in [0.3, 0.4) is 0 Å². The lowest BCUT2D eigenvalue weighted by molar-refractivity contribution is -0.119. The van der Waals surface area contributed by atoms with Gasteiger partial charge in [-0.1, -0.05) is 13.8 Å². The number of benzene rings is 1. The fraction of sp³-hybridized carbons (Fsp3) is 0.429. The number of halogens is 2. The van der Waals surface area contributed by atoms with Gasteiger partial charge in [-0.05, 0) is 18.1 Å². The van der Waals surface area contributed by atoms with E-state index in [4.69, 9.17) is 15.2 Å². The fourth-order valence-electron chi connectivity index (χ4n) is 3.82. The monoisotopic (exact) mass is 447 g/mol. The first-order valence-corrected chi connectivity index (χ1v) is 10.2. The third-order valence-corrected chi connectivity index (χ3v) is 5.44. The van der Waals surface area contributed by atoms with Crippen molar-refractivity contribution in [3.05, 3.63) is 30.3 Å². The zero-order valence-electron chi connectivity index (χ0n) is 17.5. The van der Waals surface area contributed by atoms with Gasteiger partial charge in [0.1, 0.15) is 36.9 Å². The van der Waals surface area contributed by atoms with Crippen LogP contribution in [0.15, 0.2) is 30.3 Å². The van der Waals surface area contributed by atoms with Crippen molar-refractivity contribution in [3.63, 3.8) is 0 Å². The molecule has 0 spiro atoms. The molecule has 0 radical (unpaired) electrons. The number of rotatable bonds is 6. The van der Waals surface area contributed by atoms with E-state index in [1.165, 1.54) is 0 Å². The van der Waals surface area contributed by atoms with E-state index in [9.17, 15) is 18.4 Å². The normalized spacial score (nSPS) is 18.4. The SMILES string of the molecule is CC(C)[C@H](Nc1ccc2c(c1)OCCn1cc(N3C(=C=O)OC[C@H]3C(F)F)nc1-2)C(N)=O. The van der Waals surface area contributed by atoms with Gasteiger partial charge < -0.3 is 25.1 Å². The summed E-state index contributed by atoms with van der Waals surface area (Å²) in [4.78, 5) is 28.5. The average Bonchev–Trinajstić information content (AvgIpc) is 3.32. The maximum Gasteiger partial charge on any atom is 0.284 e. The molecule has 1 amide bonds. The molecule has 3 N–H and O–H groups in total. The molecule has 4 rings (SSSR count).